The lowest BCUT2D eigenvalue weighted by Crippen LogP contribution is -2.58. The molecule has 3 fully saturated rings. The number of rotatable bonds is 3. The Hall–Kier alpha value is -2.79. The van der Waals surface area contributed by atoms with Crippen molar-refractivity contribution < 1.29 is 37.5 Å². The monoisotopic (exact) mass is 570 g/mol. The van der Waals surface area contributed by atoms with E-state index in [1.54, 1.807) is 20.8 Å². The maximum Gasteiger partial charge on any atom is 0.408 e. The van der Waals surface area contributed by atoms with Gasteiger partial charge in [-0.1, -0.05) is 39.5 Å². The van der Waals surface area contributed by atoms with Crippen LogP contribution in [0.25, 0.3) is 0 Å². The summed E-state index contributed by atoms with van der Waals surface area (Å²) in [5.74, 6) is -6.92. The molecular formula is C28H44F2N4O6. The summed E-state index contributed by atoms with van der Waals surface area (Å²) in [6.45, 7) is 9.35. The minimum Gasteiger partial charge on any atom is -0.444 e. The normalized spacial score (nSPS) is 31.2. The molecule has 0 aromatic heterocycles. The van der Waals surface area contributed by atoms with Gasteiger partial charge in [0.15, 0.2) is 0 Å². The van der Waals surface area contributed by atoms with Crippen molar-refractivity contribution in [2.75, 3.05) is 6.54 Å². The maximum absolute atomic E-state index is 14.6. The number of amides is 4. The molecule has 5 atom stereocenters. The second-order valence-corrected chi connectivity index (χ2v) is 13.1. The molecule has 0 radical (unpaired) electrons. The number of alkyl halides is 2. The number of halogens is 2. The van der Waals surface area contributed by atoms with E-state index in [1.165, 1.54) is 4.90 Å². The van der Waals surface area contributed by atoms with Crippen molar-refractivity contribution in [3.63, 3.8) is 0 Å². The lowest BCUT2D eigenvalue weighted by Gasteiger charge is -2.34. The topological polar surface area (TPSA) is 148 Å². The molecule has 2 unspecified atom stereocenters. The van der Waals surface area contributed by atoms with Crippen LogP contribution in [0.2, 0.25) is 0 Å². The summed E-state index contributed by atoms with van der Waals surface area (Å²) < 4.78 is 34.6. The molecule has 12 heteroatoms. The van der Waals surface area contributed by atoms with Gasteiger partial charge in [0.05, 0.1) is 6.04 Å². The molecule has 2 saturated heterocycles. The van der Waals surface area contributed by atoms with Crippen LogP contribution in [0, 0.1) is 17.3 Å². The second kappa shape index (κ2) is 12.0. The highest BCUT2D eigenvalue weighted by Crippen LogP contribution is 2.65. The lowest BCUT2D eigenvalue weighted by molar-refractivity contribution is -0.144. The number of hydrogen-bond donors (Lipinski definition) is 3. The van der Waals surface area contributed by atoms with Gasteiger partial charge in [0, 0.05) is 19.4 Å². The number of piperidine rings is 1. The lowest BCUT2D eigenvalue weighted by atomic mass is 9.97. The predicted octanol–water partition coefficient (Wildman–Crippen LogP) is 3.06. The van der Waals surface area contributed by atoms with Crippen LogP contribution in [-0.2, 0) is 23.9 Å². The van der Waals surface area contributed by atoms with E-state index in [4.69, 9.17) is 10.5 Å². The van der Waals surface area contributed by atoms with Gasteiger partial charge in [-0.25, -0.2) is 13.6 Å². The summed E-state index contributed by atoms with van der Waals surface area (Å²) in [6.07, 6.45) is 0.762. The fourth-order valence-corrected chi connectivity index (χ4v) is 6.16. The van der Waals surface area contributed by atoms with Crippen LogP contribution in [0.4, 0.5) is 13.6 Å². The number of nitrogens with zero attached hydrogens (tertiary/aromatic N) is 1. The zero-order valence-corrected chi connectivity index (χ0v) is 24.2. The van der Waals surface area contributed by atoms with Gasteiger partial charge in [0.25, 0.3) is 5.91 Å². The Morgan fingerprint density at radius 3 is 2.27 bits per heavy atom. The van der Waals surface area contributed by atoms with Gasteiger partial charge in [-0.05, 0) is 57.3 Å². The Balaban J connectivity index is 1.91. The van der Waals surface area contributed by atoms with Crippen LogP contribution in [0.5, 0.6) is 0 Å². The predicted molar refractivity (Wildman–Crippen MR) is 142 cm³/mol. The first-order valence-corrected chi connectivity index (χ1v) is 14.3. The summed E-state index contributed by atoms with van der Waals surface area (Å²) >= 11 is 0. The number of hydrogen-bond acceptors (Lipinski definition) is 6. The average Bonchev–Trinajstić information content (AvgIpc) is 3.15. The molecule has 2 aliphatic heterocycles. The smallest absolute Gasteiger partial charge is 0.408 e. The first-order chi connectivity index (χ1) is 18.4. The van der Waals surface area contributed by atoms with Crippen molar-refractivity contribution in [2.45, 2.75) is 122 Å². The van der Waals surface area contributed by atoms with Gasteiger partial charge in [-0.3, -0.25) is 19.2 Å². The van der Waals surface area contributed by atoms with Gasteiger partial charge in [-0.2, -0.15) is 0 Å². The van der Waals surface area contributed by atoms with E-state index in [0.717, 1.165) is 0 Å². The molecule has 226 valence electrons. The molecule has 3 rings (SSSR count). The van der Waals surface area contributed by atoms with Crippen molar-refractivity contribution in [2.24, 2.45) is 23.0 Å². The highest BCUT2D eigenvalue weighted by atomic mass is 19.3. The quantitative estimate of drug-likeness (QED) is 0.444. The Labute approximate surface area is 234 Å². The van der Waals surface area contributed by atoms with E-state index >= 15 is 0 Å². The van der Waals surface area contributed by atoms with Crippen LogP contribution in [0.3, 0.4) is 0 Å². The largest absolute Gasteiger partial charge is 0.444 e. The number of nitrogens with two attached hydrogens (primary N) is 1. The highest BCUT2D eigenvalue weighted by molar-refractivity contribution is 6.37. The number of nitrogens with one attached hydrogen (secondary N) is 2. The molecule has 0 aromatic carbocycles. The average molecular weight is 571 g/mol. The summed E-state index contributed by atoms with van der Waals surface area (Å²) in [6, 6.07) is -3.47. The second-order valence-electron chi connectivity index (χ2n) is 13.1. The van der Waals surface area contributed by atoms with Gasteiger partial charge < -0.3 is 26.0 Å². The molecule has 0 spiro atoms. The Morgan fingerprint density at radius 1 is 1.02 bits per heavy atom. The van der Waals surface area contributed by atoms with Crippen molar-refractivity contribution in [1.82, 2.24) is 15.5 Å². The summed E-state index contributed by atoms with van der Waals surface area (Å²) in [7, 11) is 0. The minimum absolute atomic E-state index is 0.00889. The maximum atomic E-state index is 14.6. The zero-order valence-electron chi connectivity index (χ0n) is 24.2. The van der Waals surface area contributed by atoms with Gasteiger partial charge in [0.2, 0.25) is 23.5 Å². The van der Waals surface area contributed by atoms with Crippen molar-refractivity contribution in [1.29, 1.82) is 0 Å². The SMILES string of the molecule is CC(C)(C)OC(=O)N[C@H]1CCCCCCCC(F)(F)CC[C@@H](C(=O)C(N)=O)NC(=O)[C@@H]2C3C(CN2C1=O)C3(C)C. The Morgan fingerprint density at radius 2 is 1.65 bits per heavy atom. The van der Waals surface area contributed by atoms with Gasteiger partial charge in [0.1, 0.15) is 17.7 Å². The van der Waals surface area contributed by atoms with E-state index < -0.39 is 72.1 Å². The standard InChI is InChI=1S/C28H44F2N4O6/c1-26(2,3)40-25(39)33-18-11-9-7-6-8-10-13-28(29,30)14-12-17(21(35)22(31)36)32-23(37)20-19-16(27(19,4)5)15-34(20)24(18)38/h16-20H,6-15H2,1-5H3,(H2,31,36)(H,32,37)(H,33,39)/t16?,17-,18-,19?,20-/m0/s1. The van der Waals surface area contributed by atoms with Crippen LogP contribution < -0.4 is 16.4 Å². The van der Waals surface area contributed by atoms with Gasteiger partial charge in [-0.15, -0.1) is 0 Å². The van der Waals surface area contributed by atoms with Crippen LogP contribution >= 0.6 is 0 Å². The van der Waals surface area contributed by atoms with Crippen LogP contribution in [0.1, 0.15) is 92.4 Å². The molecule has 0 aromatic rings. The van der Waals surface area contributed by atoms with E-state index in [2.05, 4.69) is 10.6 Å². The number of carbonyl (C=O) groups is 5. The molecular weight excluding hydrogens is 526 g/mol. The minimum atomic E-state index is -3.07. The van der Waals surface area contributed by atoms with E-state index in [9.17, 15) is 32.8 Å². The molecule has 4 amide bonds. The molecule has 1 saturated carbocycles. The number of carbonyl (C=O) groups excluding carboxylic acids is 5. The summed E-state index contributed by atoms with van der Waals surface area (Å²) in [5.41, 5.74) is 4.12. The highest BCUT2D eigenvalue weighted by Gasteiger charge is 2.69. The summed E-state index contributed by atoms with van der Waals surface area (Å²) in [4.78, 5) is 65.7. The van der Waals surface area contributed by atoms with Crippen molar-refractivity contribution in [3.8, 4) is 0 Å². The van der Waals surface area contributed by atoms with E-state index in [0.29, 0.717) is 32.1 Å². The number of ketones is 1. The first-order valence-electron chi connectivity index (χ1n) is 14.3. The van der Waals surface area contributed by atoms with Crippen molar-refractivity contribution in [3.05, 3.63) is 0 Å². The summed E-state index contributed by atoms with van der Waals surface area (Å²) in [5, 5.41) is 5.14. The number of Topliss-reactive ketones (excluding diaryl/α,β-unsaturated/α-hetero) is 1. The zero-order chi connectivity index (χ0) is 30.0. The fraction of sp³-hybridized carbons (Fsp3) is 0.821. The number of alkyl carbamates (subject to hydrolysis) is 1. The third-order valence-electron chi connectivity index (χ3n) is 8.46. The molecule has 3 aliphatic rings. The molecule has 4 N–H and O–H groups in total. The Kier molecular flexibility index (Phi) is 9.51. The third-order valence-corrected chi connectivity index (χ3v) is 8.46. The molecule has 10 nitrogen and oxygen atoms in total. The Bertz CT molecular complexity index is 1010. The van der Waals surface area contributed by atoms with E-state index in [-0.39, 0.29) is 36.6 Å². The number of ether oxygens (including phenoxy) is 1. The molecule has 2 heterocycles. The van der Waals surface area contributed by atoms with E-state index in [1.807, 2.05) is 13.8 Å². The molecule has 0 bridgehead atoms. The number of primary amides is 1. The van der Waals surface area contributed by atoms with Crippen LogP contribution in [0.15, 0.2) is 0 Å². The van der Waals surface area contributed by atoms with Crippen LogP contribution in [-0.4, -0.2) is 70.7 Å². The fourth-order valence-electron chi connectivity index (χ4n) is 6.16. The van der Waals surface area contributed by atoms with Crippen molar-refractivity contribution >= 4 is 29.6 Å². The molecule has 40 heavy (non-hydrogen) atoms. The van der Waals surface area contributed by atoms with Gasteiger partial charge >= 0.3 is 6.09 Å². The third kappa shape index (κ3) is 7.69. The molecule has 1 aliphatic carbocycles. The number of fused-ring (bicyclic) bond motifs is 3. The first kappa shape index (κ1) is 31.7.